The van der Waals surface area contributed by atoms with Gasteiger partial charge in [0, 0.05) is 24.8 Å². The Morgan fingerprint density at radius 2 is 1.83 bits per heavy atom. The Labute approximate surface area is 107 Å². The number of fused-ring (bicyclic) bond motifs is 1. The standard InChI is InChI=1S/C14H19NO3/c15-13(10-4-6-16-7-5-10)11-2-1-3-12-14(11)18-9-8-17-12/h1-3,10,13H,4-9,15H2. The molecule has 2 aliphatic heterocycles. The minimum Gasteiger partial charge on any atom is -0.486 e. The van der Waals surface area contributed by atoms with Crippen molar-refractivity contribution >= 4 is 0 Å². The van der Waals surface area contributed by atoms with Crippen LogP contribution in [0.4, 0.5) is 0 Å². The predicted octanol–water partition coefficient (Wildman–Crippen LogP) is 1.88. The van der Waals surface area contributed by atoms with Crippen LogP contribution >= 0.6 is 0 Å². The van der Waals surface area contributed by atoms with Crippen molar-refractivity contribution in [3.8, 4) is 11.5 Å². The molecular formula is C14H19NO3. The van der Waals surface area contributed by atoms with Crippen LogP contribution < -0.4 is 15.2 Å². The molecule has 1 aromatic carbocycles. The second kappa shape index (κ2) is 5.16. The lowest BCUT2D eigenvalue weighted by atomic mass is 9.87. The first kappa shape index (κ1) is 11.8. The Morgan fingerprint density at radius 1 is 1.06 bits per heavy atom. The molecule has 1 fully saturated rings. The van der Waals surface area contributed by atoms with Crippen LogP contribution in [0, 0.1) is 5.92 Å². The third-order valence-corrected chi connectivity index (χ3v) is 3.73. The number of rotatable bonds is 2. The Morgan fingerprint density at radius 3 is 2.67 bits per heavy atom. The second-order valence-corrected chi connectivity index (χ2v) is 4.85. The summed E-state index contributed by atoms with van der Waals surface area (Å²) in [6, 6.07) is 5.98. The number of hydrogen-bond donors (Lipinski definition) is 1. The number of nitrogens with two attached hydrogens (primary N) is 1. The van der Waals surface area contributed by atoms with Crippen LogP contribution in [0.2, 0.25) is 0 Å². The fraction of sp³-hybridized carbons (Fsp3) is 0.571. The highest BCUT2D eigenvalue weighted by Gasteiger charge is 2.27. The van der Waals surface area contributed by atoms with E-state index in [1.54, 1.807) is 0 Å². The molecule has 98 valence electrons. The maximum atomic E-state index is 6.40. The molecule has 0 radical (unpaired) electrons. The first-order chi connectivity index (χ1) is 8.86. The third kappa shape index (κ3) is 2.18. The topological polar surface area (TPSA) is 53.7 Å². The van der Waals surface area contributed by atoms with E-state index in [2.05, 4.69) is 0 Å². The van der Waals surface area contributed by atoms with Gasteiger partial charge in [-0.25, -0.2) is 0 Å². The van der Waals surface area contributed by atoms with E-state index in [0.717, 1.165) is 43.1 Å². The summed E-state index contributed by atoms with van der Waals surface area (Å²) >= 11 is 0. The molecule has 2 heterocycles. The first-order valence-electron chi connectivity index (χ1n) is 6.58. The summed E-state index contributed by atoms with van der Waals surface area (Å²) in [6.07, 6.45) is 2.04. The maximum absolute atomic E-state index is 6.40. The Balaban J connectivity index is 1.86. The molecule has 18 heavy (non-hydrogen) atoms. The molecule has 1 aromatic rings. The molecule has 1 unspecified atom stereocenters. The summed E-state index contributed by atoms with van der Waals surface area (Å²) < 4.78 is 16.7. The molecule has 4 nitrogen and oxygen atoms in total. The van der Waals surface area contributed by atoms with Gasteiger partial charge in [-0.2, -0.15) is 0 Å². The summed E-state index contributed by atoms with van der Waals surface area (Å²) in [6.45, 7) is 2.84. The van der Waals surface area contributed by atoms with Gasteiger partial charge in [-0.05, 0) is 24.8 Å². The van der Waals surface area contributed by atoms with Crippen LogP contribution in [0.25, 0.3) is 0 Å². The quantitative estimate of drug-likeness (QED) is 0.869. The first-order valence-corrected chi connectivity index (χ1v) is 6.58. The van der Waals surface area contributed by atoms with Crippen molar-refractivity contribution in [2.75, 3.05) is 26.4 Å². The van der Waals surface area contributed by atoms with Gasteiger partial charge in [0.15, 0.2) is 11.5 Å². The van der Waals surface area contributed by atoms with Gasteiger partial charge in [-0.1, -0.05) is 12.1 Å². The second-order valence-electron chi connectivity index (χ2n) is 4.85. The van der Waals surface area contributed by atoms with E-state index in [4.69, 9.17) is 19.9 Å². The highest BCUT2D eigenvalue weighted by atomic mass is 16.6. The minimum atomic E-state index is 0.00514. The monoisotopic (exact) mass is 249 g/mol. The van der Waals surface area contributed by atoms with Crippen LogP contribution in [-0.2, 0) is 4.74 Å². The van der Waals surface area contributed by atoms with Gasteiger partial charge in [-0.3, -0.25) is 0 Å². The normalized spacial score (nSPS) is 21.6. The van der Waals surface area contributed by atoms with Crippen molar-refractivity contribution in [1.29, 1.82) is 0 Å². The third-order valence-electron chi connectivity index (χ3n) is 3.73. The molecule has 1 atom stereocenters. The Hall–Kier alpha value is -1.26. The maximum Gasteiger partial charge on any atom is 0.166 e. The molecule has 0 saturated carbocycles. The van der Waals surface area contributed by atoms with Crippen LogP contribution in [-0.4, -0.2) is 26.4 Å². The molecule has 0 bridgehead atoms. The molecule has 2 aliphatic rings. The zero-order chi connectivity index (χ0) is 12.4. The van der Waals surface area contributed by atoms with Gasteiger partial charge in [0.1, 0.15) is 13.2 Å². The molecule has 3 rings (SSSR count). The predicted molar refractivity (Wildman–Crippen MR) is 67.9 cm³/mol. The Kier molecular flexibility index (Phi) is 3.39. The number of ether oxygens (including phenoxy) is 3. The number of para-hydroxylation sites is 1. The fourth-order valence-electron chi connectivity index (χ4n) is 2.69. The molecular weight excluding hydrogens is 230 g/mol. The summed E-state index contributed by atoms with van der Waals surface area (Å²) in [5, 5.41) is 0. The van der Waals surface area contributed by atoms with E-state index in [9.17, 15) is 0 Å². The summed E-state index contributed by atoms with van der Waals surface area (Å²) in [4.78, 5) is 0. The van der Waals surface area contributed by atoms with E-state index < -0.39 is 0 Å². The smallest absolute Gasteiger partial charge is 0.166 e. The van der Waals surface area contributed by atoms with Crippen molar-refractivity contribution in [1.82, 2.24) is 0 Å². The zero-order valence-electron chi connectivity index (χ0n) is 10.4. The van der Waals surface area contributed by atoms with Gasteiger partial charge in [0.25, 0.3) is 0 Å². The highest BCUT2D eigenvalue weighted by Crippen LogP contribution is 2.40. The van der Waals surface area contributed by atoms with Gasteiger partial charge >= 0.3 is 0 Å². The average molecular weight is 249 g/mol. The van der Waals surface area contributed by atoms with Gasteiger partial charge in [0.05, 0.1) is 0 Å². The van der Waals surface area contributed by atoms with Crippen molar-refractivity contribution < 1.29 is 14.2 Å². The highest BCUT2D eigenvalue weighted by molar-refractivity contribution is 5.49. The van der Waals surface area contributed by atoms with Crippen LogP contribution in [0.3, 0.4) is 0 Å². The summed E-state index contributed by atoms with van der Waals surface area (Å²) in [7, 11) is 0. The molecule has 1 saturated heterocycles. The Bertz CT molecular complexity index is 416. The number of hydrogen-bond acceptors (Lipinski definition) is 4. The zero-order valence-corrected chi connectivity index (χ0v) is 10.4. The number of benzene rings is 1. The van der Waals surface area contributed by atoms with Crippen LogP contribution in [0.5, 0.6) is 11.5 Å². The van der Waals surface area contributed by atoms with Crippen LogP contribution in [0.1, 0.15) is 24.4 Å². The van der Waals surface area contributed by atoms with Crippen molar-refractivity contribution in [3.05, 3.63) is 23.8 Å². The van der Waals surface area contributed by atoms with Gasteiger partial charge in [-0.15, -0.1) is 0 Å². The molecule has 0 aromatic heterocycles. The molecule has 2 N–H and O–H groups in total. The largest absolute Gasteiger partial charge is 0.486 e. The summed E-state index contributed by atoms with van der Waals surface area (Å²) in [5.41, 5.74) is 7.47. The molecule has 0 amide bonds. The lowest BCUT2D eigenvalue weighted by molar-refractivity contribution is 0.0577. The lowest BCUT2D eigenvalue weighted by Crippen LogP contribution is -2.28. The van der Waals surface area contributed by atoms with Crippen molar-refractivity contribution in [2.24, 2.45) is 11.7 Å². The van der Waals surface area contributed by atoms with Crippen molar-refractivity contribution in [3.63, 3.8) is 0 Å². The molecule has 0 aliphatic carbocycles. The van der Waals surface area contributed by atoms with E-state index in [0.29, 0.717) is 19.1 Å². The van der Waals surface area contributed by atoms with E-state index >= 15 is 0 Å². The van der Waals surface area contributed by atoms with Gasteiger partial charge in [0.2, 0.25) is 0 Å². The fourth-order valence-corrected chi connectivity index (χ4v) is 2.69. The van der Waals surface area contributed by atoms with Crippen molar-refractivity contribution in [2.45, 2.75) is 18.9 Å². The molecule has 4 heteroatoms. The summed E-state index contributed by atoms with van der Waals surface area (Å²) in [5.74, 6) is 2.12. The SMILES string of the molecule is NC(c1cccc2c1OCCO2)C1CCOCC1. The average Bonchev–Trinajstić information content (AvgIpc) is 2.47. The minimum absolute atomic E-state index is 0.00514. The van der Waals surface area contributed by atoms with Gasteiger partial charge < -0.3 is 19.9 Å². The van der Waals surface area contributed by atoms with E-state index in [1.165, 1.54) is 0 Å². The van der Waals surface area contributed by atoms with Crippen LogP contribution in [0.15, 0.2) is 18.2 Å². The molecule has 0 spiro atoms. The van der Waals surface area contributed by atoms with E-state index in [1.807, 2.05) is 18.2 Å². The van der Waals surface area contributed by atoms with E-state index in [-0.39, 0.29) is 6.04 Å². The lowest BCUT2D eigenvalue weighted by Gasteiger charge is -2.30.